The lowest BCUT2D eigenvalue weighted by molar-refractivity contribution is -0.140. The van der Waals surface area contributed by atoms with E-state index in [-0.39, 0.29) is 17.9 Å². The van der Waals surface area contributed by atoms with Crippen LogP contribution in [0.25, 0.3) is 0 Å². The highest BCUT2D eigenvalue weighted by molar-refractivity contribution is 7.99. The van der Waals surface area contributed by atoms with Crippen molar-refractivity contribution in [3.8, 4) is 5.75 Å². The Balaban J connectivity index is 1.64. The largest absolute Gasteiger partial charge is 0.494 e. The summed E-state index contributed by atoms with van der Waals surface area (Å²) < 4.78 is 10.2. The molecular weight excluding hydrogens is 340 g/mol. The minimum atomic E-state index is -0.225. The summed E-state index contributed by atoms with van der Waals surface area (Å²) in [6.45, 7) is 1.96. The van der Waals surface area contributed by atoms with E-state index in [0.717, 1.165) is 29.4 Å². The summed E-state index contributed by atoms with van der Waals surface area (Å²) in [6, 6.07) is 7.90. The van der Waals surface area contributed by atoms with Gasteiger partial charge in [0.15, 0.2) is 0 Å². The van der Waals surface area contributed by atoms with Crippen molar-refractivity contribution in [3.63, 3.8) is 0 Å². The summed E-state index contributed by atoms with van der Waals surface area (Å²) in [5.41, 5.74) is 1.03. The highest BCUT2D eigenvalue weighted by Crippen LogP contribution is 2.13. The van der Waals surface area contributed by atoms with Gasteiger partial charge >= 0.3 is 5.97 Å². The van der Waals surface area contributed by atoms with Crippen LogP contribution in [0.5, 0.6) is 5.75 Å². The third-order valence-electron chi connectivity index (χ3n) is 3.86. The van der Waals surface area contributed by atoms with Gasteiger partial charge in [0, 0.05) is 43.5 Å². The summed E-state index contributed by atoms with van der Waals surface area (Å²) in [7, 11) is 1.38. The van der Waals surface area contributed by atoms with Gasteiger partial charge in [-0.1, -0.05) is 12.1 Å². The van der Waals surface area contributed by atoms with Crippen molar-refractivity contribution in [2.75, 3.05) is 31.8 Å². The molecule has 138 valence electrons. The van der Waals surface area contributed by atoms with Crippen LogP contribution in [0.2, 0.25) is 0 Å². The Hall–Kier alpha value is -1.73. The van der Waals surface area contributed by atoms with Crippen LogP contribution in [0.3, 0.4) is 0 Å². The lowest BCUT2D eigenvalue weighted by Gasteiger charge is -2.22. The molecule has 6 nitrogen and oxygen atoms in total. The summed E-state index contributed by atoms with van der Waals surface area (Å²) >= 11 is 1.89. The van der Waals surface area contributed by atoms with Gasteiger partial charge in [-0.2, -0.15) is 11.8 Å². The number of ether oxygens (including phenoxy) is 2. The number of hydrogen-bond donors (Lipinski definition) is 2. The average molecular weight is 366 g/mol. The van der Waals surface area contributed by atoms with Crippen LogP contribution in [0.15, 0.2) is 24.3 Å². The van der Waals surface area contributed by atoms with Crippen molar-refractivity contribution in [1.29, 1.82) is 0 Å². The van der Waals surface area contributed by atoms with E-state index in [9.17, 15) is 9.59 Å². The zero-order chi connectivity index (χ0) is 17.9. The first-order chi connectivity index (χ1) is 12.2. The molecule has 25 heavy (non-hydrogen) atoms. The fourth-order valence-electron chi connectivity index (χ4n) is 2.46. The van der Waals surface area contributed by atoms with Gasteiger partial charge in [-0.3, -0.25) is 9.59 Å². The molecule has 1 atom stereocenters. The molecule has 1 unspecified atom stereocenters. The molecule has 0 spiro atoms. The fourth-order valence-corrected chi connectivity index (χ4v) is 3.41. The number of carbonyl (C=O) groups excluding carboxylic acids is 2. The van der Waals surface area contributed by atoms with Crippen LogP contribution in [-0.4, -0.2) is 49.7 Å². The lowest BCUT2D eigenvalue weighted by Crippen LogP contribution is -2.41. The maximum Gasteiger partial charge on any atom is 0.305 e. The summed E-state index contributed by atoms with van der Waals surface area (Å²) in [5, 5.41) is 6.32. The first-order valence-electron chi connectivity index (χ1n) is 8.54. The van der Waals surface area contributed by atoms with Crippen LogP contribution in [0.1, 0.15) is 24.8 Å². The minimum Gasteiger partial charge on any atom is -0.494 e. The van der Waals surface area contributed by atoms with E-state index in [0.29, 0.717) is 32.4 Å². The molecule has 0 aromatic heterocycles. The lowest BCUT2D eigenvalue weighted by atomic mass is 10.2. The molecule has 0 saturated carbocycles. The van der Waals surface area contributed by atoms with Crippen molar-refractivity contribution in [3.05, 3.63) is 29.8 Å². The van der Waals surface area contributed by atoms with Crippen LogP contribution in [0.4, 0.5) is 0 Å². The number of hydrogen-bond acceptors (Lipinski definition) is 6. The highest BCUT2D eigenvalue weighted by Gasteiger charge is 2.16. The van der Waals surface area contributed by atoms with E-state index in [1.807, 2.05) is 36.0 Å². The number of amides is 1. The topological polar surface area (TPSA) is 76.7 Å². The zero-order valence-electron chi connectivity index (χ0n) is 14.6. The average Bonchev–Trinajstić information content (AvgIpc) is 2.65. The Bertz CT molecular complexity index is 545. The Morgan fingerprint density at radius 2 is 2.12 bits per heavy atom. The van der Waals surface area contributed by atoms with Crippen LogP contribution in [-0.2, 0) is 20.9 Å². The van der Waals surface area contributed by atoms with Crippen molar-refractivity contribution in [2.45, 2.75) is 31.8 Å². The van der Waals surface area contributed by atoms with E-state index < -0.39 is 0 Å². The number of nitrogens with one attached hydrogen (secondary N) is 2. The van der Waals surface area contributed by atoms with Crippen molar-refractivity contribution in [1.82, 2.24) is 10.6 Å². The maximum atomic E-state index is 12.0. The van der Waals surface area contributed by atoms with E-state index in [4.69, 9.17) is 4.74 Å². The number of carbonyl (C=O) groups is 2. The van der Waals surface area contributed by atoms with Gasteiger partial charge in [-0.15, -0.1) is 0 Å². The second-order valence-electron chi connectivity index (χ2n) is 5.88. The van der Waals surface area contributed by atoms with Crippen molar-refractivity contribution >= 4 is 23.6 Å². The minimum absolute atomic E-state index is 0.0723. The Morgan fingerprint density at radius 1 is 1.32 bits per heavy atom. The molecule has 1 aromatic carbocycles. The molecular formula is C18H26N2O4S. The predicted octanol–water partition coefficient (Wildman–Crippen LogP) is 1.73. The predicted molar refractivity (Wildman–Crippen MR) is 98.8 cm³/mol. The fraction of sp³-hybridized carbons (Fsp3) is 0.556. The third kappa shape index (κ3) is 7.79. The van der Waals surface area contributed by atoms with Gasteiger partial charge in [0.1, 0.15) is 5.75 Å². The molecule has 1 fully saturated rings. The van der Waals surface area contributed by atoms with Crippen LogP contribution in [0, 0.1) is 0 Å². The third-order valence-corrected chi connectivity index (χ3v) is 5.00. The van der Waals surface area contributed by atoms with Crippen LogP contribution < -0.4 is 15.4 Å². The van der Waals surface area contributed by atoms with E-state index in [1.165, 1.54) is 7.11 Å². The van der Waals surface area contributed by atoms with Crippen LogP contribution >= 0.6 is 11.8 Å². The molecule has 1 amide bonds. The molecule has 1 aliphatic rings. The first kappa shape index (κ1) is 19.6. The van der Waals surface area contributed by atoms with E-state index >= 15 is 0 Å². The highest BCUT2D eigenvalue weighted by atomic mass is 32.2. The SMILES string of the molecule is COC(=O)CCCOc1ccc(CNC(=O)CC2CSCCN2)cc1. The number of benzene rings is 1. The Kier molecular flexibility index (Phi) is 8.62. The normalized spacial score (nSPS) is 16.9. The smallest absolute Gasteiger partial charge is 0.305 e. The second-order valence-corrected chi connectivity index (χ2v) is 7.03. The molecule has 2 rings (SSSR count). The Morgan fingerprint density at radius 3 is 2.80 bits per heavy atom. The maximum absolute atomic E-state index is 12.0. The standard InChI is InChI=1S/C18H26N2O4S/c1-23-18(22)3-2-9-24-16-6-4-14(5-7-16)12-20-17(21)11-15-13-25-10-8-19-15/h4-7,15,19H,2-3,8-13H2,1H3,(H,20,21). The molecule has 0 aliphatic carbocycles. The summed E-state index contributed by atoms with van der Waals surface area (Å²) in [5.74, 6) is 2.72. The van der Waals surface area contributed by atoms with Gasteiger partial charge in [-0.05, 0) is 24.1 Å². The number of esters is 1. The van der Waals surface area contributed by atoms with E-state index in [1.54, 1.807) is 0 Å². The molecule has 1 aliphatic heterocycles. The zero-order valence-corrected chi connectivity index (χ0v) is 15.4. The molecule has 0 radical (unpaired) electrons. The van der Waals surface area contributed by atoms with Gasteiger partial charge in [0.2, 0.25) is 5.91 Å². The van der Waals surface area contributed by atoms with Crippen molar-refractivity contribution in [2.24, 2.45) is 0 Å². The monoisotopic (exact) mass is 366 g/mol. The van der Waals surface area contributed by atoms with Gasteiger partial charge < -0.3 is 20.1 Å². The quantitative estimate of drug-likeness (QED) is 0.512. The number of rotatable bonds is 9. The summed E-state index contributed by atoms with van der Waals surface area (Å²) in [4.78, 5) is 23.0. The molecule has 1 aromatic rings. The molecule has 0 bridgehead atoms. The number of methoxy groups -OCH3 is 1. The van der Waals surface area contributed by atoms with E-state index in [2.05, 4.69) is 15.4 Å². The second kappa shape index (κ2) is 11.0. The van der Waals surface area contributed by atoms with Gasteiger partial charge in [-0.25, -0.2) is 0 Å². The molecule has 1 saturated heterocycles. The summed E-state index contributed by atoms with van der Waals surface area (Å²) in [6.07, 6.45) is 1.50. The van der Waals surface area contributed by atoms with Gasteiger partial charge in [0.05, 0.1) is 13.7 Å². The Labute approximate surface area is 153 Å². The molecule has 1 heterocycles. The number of thioether (sulfide) groups is 1. The molecule has 2 N–H and O–H groups in total. The van der Waals surface area contributed by atoms with Crippen molar-refractivity contribution < 1.29 is 19.1 Å². The first-order valence-corrected chi connectivity index (χ1v) is 9.69. The molecule has 7 heteroatoms. The van der Waals surface area contributed by atoms with Gasteiger partial charge in [0.25, 0.3) is 0 Å².